The Morgan fingerprint density at radius 3 is 2.71 bits per heavy atom. The summed E-state index contributed by atoms with van der Waals surface area (Å²) < 4.78 is 19.7. The van der Waals surface area contributed by atoms with Gasteiger partial charge < -0.3 is 24.3 Å². The molecule has 4 fully saturated rings. The summed E-state index contributed by atoms with van der Waals surface area (Å²) in [6, 6.07) is 8.80. The van der Waals surface area contributed by atoms with Crippen LogP contribution < -0.4 is 0 Å². The van der Waals surface area contributed by atoms with Crippen LogP contribution in [0.4, 0.5) is 0 Å². The second-order valence-corrected chi connectivity index (χ2v) is 13.8. The molecule has 5 nitrogen and oxygen atoms in total. The molecule has 2 saturated heterocycles. The van der Waals surface area contributed by atoms with Gasteiger partial charge in [-0.05, 0) is 88.7 Å². The number of allylic oxidation sites excluding steroid dienone is 1. The highest BCUT2D eigenvalue weighted by Crippen LogP contribution is 2.73. The number of fused-ring (bicyclic) bond motifs is 7. The van der Waals surface area contributed by atoms with Crippen molar-refractivity contribution in [3.05, 3.63) is 47.2 Å². The third kappa shape index (κ3) is 3.19. The minimum absolute atomic E-state index is 0. The van der Waals surface area contributed by atoms with Gasteiger partial charge in [-0.1, -0.05) is 51.1 Å². The molecule has 2 aromatic rings. The molecule has 2 N–H and O–H groups in total. The standard InChI is InChI=1S/C32H43NO4.CH4/c1-18(2)14-16-35-29(3,4)27-25(34)28-32(37-28)23-12-11-19-17-21-20-9-7-8-10-22(20)33-26(21)31(19,6)30(23,5)15-13-24(32)36-27;/h7-10,14,19,23-25,27-28,33-34H,11-13,15-17H2,1-6H3;1H4. The topological polar surface area (TPSA) is 67.0 Å². The highest BCUT2D eigenvalue weighted by molar-refractivity contribution is 5.86. The van der Waals surface area contributed by atoms with Gasteiger partial charge in [-0.2, -0.15) is 0 Å². The molecule has 0 radical (unpaired) electrons. The van der Waals surface area contributed by atoms with Crippen molar-refractivity contribution in [3.63, 3.8) is 0 Å². The van der Waals surface area contributed by atoms with Crippen LogP contribution in [0.25, 0.3) is 10.9 Å². The zero-order valence-electron chi connectivity index (χ0n) is 23.3. The Labute approximate surface area is 228 Å². The van der Waals surface area contributed by atoms with Gasteiger partial charge in [0.15, 0.2) is 0 Å². The fourth-order valence-electron chi connectivity index (χ4n) is 9.47. The number of rotatable bonds is 4. The summed E-state index contributed by atoms with van der Waals surface area (Å²) in [4.78, 5) is 3.89. The first kappa shape index (κ1) is 26.6. The largest absolute Gasteiger partial charge is 0.387 e. The number of ether oxygens (including phenoxy) is 3. The molecular weight excluding hydrogens is 474 g/mol. The quantitative estimate of drug-likeness (QED) is 0.357. The first-order valence-electron chi connectivity index (χ1n) is 14.4. The third-order valence-electron chi connectivity index (χ3n) is 11.6. The molecule has 1 aromatic heterocycles. The highest BCUT2D eigenvalue weighted by atomic mass is 16.7. The minimum Gasteiger partial charge on any atom is -0.387 e. The predicted octanol–water partition coefficient (Wildman–Crippen LogP) is 6.47. The van der Waals surface area contributed by atoms with Crippen LogP contribution in [0.2, 0.25) is 0 Å². The third-order valence-corrected chi connectivity index (χ3v) is 11.6. The van der Waals surface area contributed by atoms with Crippen LogP contribution in [0.5, 0.6) is 0 Å². The van der Waals surface area contributed by atoms with Crippen molar-refractivity contribution in [2.24, 2.45) is 17.3 Å². The van der Waals surface area contributed by atoms with Crippen molar-refractivity contribution in [1.82, 2.24) is 4.98 Å². The van der Waals surface area contributed by atoms with Crippen LogP contribution in [-0.2, 0) is 26.0 Å². The molecule has 1 aromatic carbocycles. The first-order valence-corrected chi connectivity index (χ1v) is 14.4. The predicted molar refractivity (Wildman–Crippen MR) is 151 cm³/mol. The number of epoxide rings is 1. The van der Waals surface area contributed by atoms with Gasteiger partial charge in [0, 0.05) is 22.0 Å². The van der Waals surface area contributed by atoms with Gasteiger partial charge in [-0.3, -0.25) is 0 Å². The molecule has 3 aliphatic carbocycles. The maximum atomic E-state index is 11.6. The summed E-state index contributed by atoms with van der Waals surface area (Å²) in [6.45, 7) is 13.8. The zero-order chi connectivity index (χ0) is 26.0. The lowest BCUT2D eigenvalue weighted by atomic mass is 9.43. The van der Waals surface area contributed by atoms with Crippen LogP contribution in [0.3, 0.4) is 0 Å². The molecular formula is C33H47NO4. The molecule has 5 aliphatic rings. The van der Waals surface area contributed by atoms with Gasteiger partial charge in [0.2, 0.25) is 0 Å². The van der Waals surface area contributed by atoms with Gasteiger partial charge in [-0.25, -0.2) is 0 Å². The van der Waals surface area contributed by atoms with Crippen LogP contribution in [0.1, 0.15) is 85.9 Å². The van der Waals surface area contributed by atoms with E-state index in [4.69, 9.17) is 14.2 Å². The van der Waals surface area contributed by atoms with Gasteiger partial charge >= 0.3 is 0 Å². The number of aliphatic hydroxyl groups excluding tert-OH is 1. The molecule has 0 bridgehead atoms. The van der Waals surface area contributed by atoms with E-state index < -0.39 is 17.8 Å². The Bertz CT molecular complexity index is 1280. The SMILES string of the molecule is C.CC(C)=CCOC(C)(C)C1OC2CCC3(C)C(CCC4Cc5c([nH]c6ccccc56)C43C)C23OC3C1O. The lowest BCUT2D eigenvalue weighted by molar-refractivity contribution is -0.232. The van der Waals surface area contributed by atoms with Crippen LogP contribution in [-0.4, -0.2) is 52.3 Å². The Morgan fingerprint density at radius 1 is 1.18 bits per heavy atom. The van der Waals surface area contributed by atoms with Crippen LogP contribution in [0.15, 0.2) is 35.9 Å². The van der Waals surface area contributed by atoms with Crippen molar-refractivity contribution in [2.75, 3.05) is 6.61 Å². The molecule has 208 valence electrons. The zero-order valence-corrected chi connectivity index (χ0v) is 23.3. The number of para-hydroxylation sites is 1. The summed E-state index contributed by atoms with van der Waals surface area (Å²) in [7, 11) is 0. The van der Waals surface area contributed by atoms with Crippen molar-refractivity contribution < 1.29 is 19.3 Å². The number of hydrogen-bond donors (Lipinski definition) is 2. The normalized spacial score (nSPS) is 42.7. The number of hydrogen-bond acceptors (Lipinski definition) is 4. The summed E-state index contributed by atoms with van der Waals surface area (Å²) in [5, 5.41) is 13.0. The monoisotopic (exact) mass is 521 g/mol. The fraction of sp³-hybridized carbons (Fsp3) is 0.697. The second kappa shape index (κ2) is 8.42. The lowest BCUT2D eigenvalue weighted by Crippen LogP contribution is -2.68. The van der Waals surface area contributed by atoms with E-state index in [2.05, 4.69) is 63.0 Å². The van der Waals surface area contributed by atoms with E-state index in [1.165, 1.54) is 34.2 Å². The number of aromatic nitrogens is 1. The number of H-pyrrole nitrogens is 1. The van der Waals surface area contributed by atoms with E-state index in [1.54, 1.807) is 0 Å². The number of benzene rings is 1. The van der Waals surface area contributed by atoms with Crippen molar-refractivity contribution in [3.8, 4) is 0 Å². The molecule has 9 unspecified atom stereocenters. The molecule has 7 rings (SSSR count). The second-order valence-electron chi connectivity index (χ2n) is 13.8. The average Bonchev–Trinajstić information content (AvgIpc) is 3.38. The Kier molecular flexibility index (Phi) is 5.89. The molecule has 5 heteroatoms. The van der Waals surface area contributed by atoms with Gasteiger partial charge in [0.1, 0.15) is 23.9 Å². The minimum atomic E-state index is -0.682. The highest BCUT2D eigenvalue weighted by Gasteiger charge is 2.80. The lowest BCUT2D eigenvalue weighted by Gasteiger charge is -2.62. The van der Waals surface area contributed by atoms with Crippen LogP contribution >= 0.6 is 0 Å². The smallest absolute Gasteiger partial charge is 0.127 e. The number of aromatic amines is 1. The first-order chi connectivity index (χ1) is 17.5. The van der Waals surface area contributed by atoms with Gasteiger partial charge in [-0.15, -0.1) is 0 Å². The van der Waals surface area contributed by atoms with E-state index in [-0.39, 0.29) is 36.1 Å². The molecule has 0 amide bonds. The van der Waals surface area contributed by atoms with E-state index in [9.17, 15) is 5.11 Å². The molecule has 38 heavy (non-hydrogen) atoms. The summed E-state index contributed by atoms with van der Waals surface area (Å²) in [5.74, 6) is 1.02. The Balaban J connectivity index is 0.00000264. The van der Waals surface area contributed by atoms with E-state index >= 15 is 0 Å². The molecule has 9 atom stereocenters. The van der Waals surface area contributed by atoms with Gasteiger partial charge in [0.05, 0.1) is 18.3 Å². The maximum absolute atomic E-state index is 11.6. The van der Waals surface area contributed by atoms with Crippen molar-refractivity contribution in [1.29, 1.82) is 0 Å². The molecule has 2 saturated carbocycles. The fourth-order valence-corrected chi connectivity index (χ4v) is 9.47. The van der Waals surface area contributed by atoms with Crippen molar-refractivity contribution in [2.45, 2.75) is 122 Å². The average molecular weight is 522 g/mol. The molecule has 3 heterocycles. The Morgan fingerprint density at radius 2 is 1.95 bits per heavy atom. The molecule has 1 spiro atoms. The maximum Gasteiger partial charge on any atom is 0.127 e. The molecule has 2 aliphatic heterocycles. The van der Waals surface area contributed by atoms with E-state index in [0.717, 1.165) is 25.7 Å². The summed E-state index contributed by atoms with van der Waals surface area (Å²) in [6.07, 6.45) is 6.44. The van der Waals surface area contributed by atoms with Gasteiger partial charge in [0.25, 0.3) is 0 Å². The number of nitrogens with one attached hydrogen (secondary N) is 1. The summed E-state index contributed by atoms with van der Waals surface area (Å²) in [5.41, 5.74) is 4.66. The van der Waals surface area contributed by atoms with Crippen LogP contribution in [0, 0.1) is 17.3 Å². The summed E-state index contributed by atoms with van der Waals surface area (Å²) >= 11 is 0. The van der Waals surface area contributed by atoms with E-state index in [0.29, 0.717) is 18.4 Å². The van der Waals surface area contributed by atoms with Crippen molar-refractivity contribution >= 4 is 10.9 Å². The number of aliphatic hydroxyl groups is 1. The van der Waals surface area contributed by atoms with E-state index in [1.807, 2.05) is 13.8 Å². The Hall–Kier alpha value is -1.66.